The van der Waals surface area contributed by atoms with Crippen molar-refractivity contribution in [2.75, 3.05) is 26.4 Å². The molecule has 10 heteroatoms. The van der Waals surface area contributed by atoms with E-state index in [2.05, 4.69) is 0 Å². The number of carboxylic acids is 1. The summed E-state index contributed by atoms with van der Waals surface area (Å²) in [6, 6.07) is 11.2. The molecule has 2 unspecified atom stereocenters. The standard InChI is InChI=1S/C26H22O9S/c1-36(29,30)35-11-10-17-23-16(15-8-9-20-21(12-15)32-13-31-20)4-2-5-18(23)26-19(24(17)25(27)28)6-3-7-22(26)33-14-34-26/h2-9,12,17H,10-11,13-14H2,1H3,(H,27,28). The van der Waals surface area contributed by atoms with Gasteiger partial charge in [0.2, 0.25) is 6.79 Å². The largest absolute Gasteiger partial charge is 0.478 e. The lowest BCUT2D eigenvalue weighted by Gasteiger charge is -2.41. The van der Waals surface area contributed by atoms with Crippen molar-refractivity contribution in [2.24, 2.45) is 0 Å². The zero-order valence-corrected chi connectivity index (χ0v) is 20.0. The first kappa shape index (κ1) is 22.8. The van der Waals surface area contributed by atoms with Gasteiger partial charge in [0.1, 0.15) is 5.76 Å². The lowest BCUT2D eigenvalue weighted by atomic mass is 9.65. The second-order valence-electron chi connectivity index (χ2n) is 8.81. The van der Waals surface area contributed by atoms with Gasteiger partial charge >= 0.3 is 5.97 Å². The summed E-state index contributed by atoms with van der Waals surface area (Å²) in [5.74, 6) is -0.0826. The highest BCUT2D eigenvalue weighted by molar-refractivity contribution is 7.85. The molecule has 2 heterocycles. The average Bonchev–Trinajstić information content (AvgIpc) is 3.49. The van der Waals surface area contributed by atoms with Gasteiger partial charge in [-0.2, -0.15) is 8.42 Å². The van der Waals surface area contributed by atoms with E-state index in [0.717, 1.165) is 22.9 Å². The average molecular weight is 511 g/mol. The first-order valence-corrected chi connectivity index (χ1v) is 13.1. The summed E-state index contributed by atoms with van der Waals surface area (Å²) in [6.07, 6.45) is 6.33. The number of benzene rings is 2. The Morgan fingerprint density at radius 2 is 1.97 bits per heavy atom. The number of hydrogen-bond donors (Lipinski definition) is 1. The summed E-state index contributed by atoms with van der Waals surface area (Å²) in [4.78, 5) is 12.8. The predicted octanol–water partition coefficient (Wildman–Crippen LogP) is 3.58. The fourth-order valence-electron chi connectivity index (χ4n) is 5.48. The van der Waals surface area contributed by atoms with Crippen molar-refractivity contribution >= 4 is 16.1 Å². The van der Waals surface area contributed by atoms with Crippen molar-refractivity contribution < 1.29 is 41.4 Å². The Morgan fingerprint density at radius 1 is 1.14 bits per heavy atom. The van der Waals surface area contributed by atoms with Gasteiger partial charge in [-0.1, -0.05) is 36.4 Å². The highest BCUT2D eigenvalue weighted by atomic mass is 32.2. The SMILES string of the molecule is CS(=O)(=O)OCCC1C(C(=O)O)=C2C=CC=C3OCOC32c2cccc(-c3ccc4c(c3)OCO4)c21. The van der Waals surface area contributed by atoms with E-state index in [9.17, 15) is 18.3 Å². The molecule has 6 rings (SSSR count). The third kappa shape index (κ3) is 3.44. The van der Waals surface area contributed by atoms with Gasteiger partial charge in [0.15, 0.2) is 23.9 Å². The van der Waals surface area contributed by atoms with E-state index in [1.165, 1.54) is 0 Å². The molecule has 0 saturated carbocycles. The number of carbonyl (C=O) groups is 1. The Balaban J connectivity index is 1.60. The molecule has 2 atom stereocenters. The Kier molecular flexibility index (Phi) is 5.22. The van der Waals surface area contributed by atoms with Crippen LogP contribution in [0.1, 0.15) is 23.5 Å². The van der Waals surface area contributed by atoms with Crippen molar-refractivity contribution in [3.63, 3.8) is 0 Å². The van der Waals surface area contributed by atoms with Crippen LogP contribution in [0.3, 0.4) is 0 Å². The predicted molar refractivity (Wildman–Crippen MR) is 127 cm³/mol. The number of hydrogen-bond acceptors (Lipinski definition) is 8. The van der Waals surface area contributed by atoms with E-state index in [1.807, 2.05) is 36.4 Å². The van der Waals surface area contributed by atoms with Gasteiger partial charge in [0.25, 0.3) is 10.1 Å². The molecule has 0 amide bonds. The van der Waals surface area contributed by atoms with E-state index in [-0.39, 0.29) is 32.2 Å². The van der Waals surface area contributed by atoms with Crippen molar-refractivity contribution in [1.82, 2.24) is 0 Å². The van der Waals surface area contributed by atoms with Crippen LogP contribution in [0.15, 0.2) is 71.5 Å². The van der Waals surface area contributed by atoms with E-state index in [0.29, 0.717) is 28.4 Å². The molecule has 1 fully saturated rings. The molecule has 2 aromatic carbocycles. The van der Waals surface area contributed by atoms with Gasteiger partial charge in [-0.15, -0.1) is 0 Å². The molecule has 0 radical (unpaired) electrons. The lowest BCUT2D eigenvalue weighted by molar-refractivity contribution is -0.133. The fraction of sp³-hybridized carbons (Fsp3) is 0.269. The number of fused-ring (bicyclic) bond motifs is 2. The van der Waals surface area contributed by atoms with Gasteiger partial charge in [0.05, 0.1) is 18.4 Å². The van der Waals surface area contributed by atoms with E-state index < -0.39 is 27.6 Å². The molecule has 2 aliphatic carbocycles. The zero-order chi connectivity index (χ0) is 25.1. The van der Waals surface area contributed by atoms with Crippen molar-refractivity contribution in [1.29, 1.82) is 0 Å². The van der Waals surface area contributed by atoms with Crippen LogP contribution in [-0.4, -0.2) is 45.9 Å². The van der Waals surface area contributed by atoms with Gasteiger partial charge in [0, 0.05) is 17.1 Å². The molecule has 0 aromatic heterocycles. The smallest absolute Gasteiger partial charge is 0.332 e. The van der Waals surface area contributed by atoms with Crippen LogP contribution in [0.2, 0.25) is 0 Å². The maximum absolute atomic E-state index is 12.8. The van der Waals surface area contributed by atoms with Gasteiger partial charge in [-0.3, -0.25) is 4.18 Å². The quantitative estimate of drug-likeness (QED) is 0.582. The van der Waals surface area contributed by atoms with Crippen LogP contribution in [0.5, 0.6) is 11.5 Å². The number of allylic oxidation sites excluding steroid dienone is 2. The molecule has 0 bridgehead atoms. The highest BCUT2D eigenvalue weighted by Crippen LogP contribution is 2.58. The Labute approximate surface area is 207 Å². The summed E-state index contributed by atoms with van der Waals surface area (Å²) < 4.78 is 51.4. The molecule has 186 valence electrons. The summed E-state index contributed by atoms with van der Waals surface area (Å²) >= 11 is 0. The lowest BCUT2D eigenvalue weighted by Crippen LogP contribution is -2.39. The normalized spacial score (nSPS) is 23.5. The second kappa shape index (κ2) is 8.22. The molecule has 36 heavy (non-hydrogen) atoms. The van der Waals surface area contributed by atoms with Crippen molar-refractivity contribution in [3.8, 4) is 22.6 Å². The third-order valence-electron chi connectivity index (χ3n) is 6.82. The topological polar surface area (TPSA) is 118 Å². The maximum Gasteiger partial charge on any atom is 0.332 e. The zero-order valence-electron chi connectivity index (χ0n) is 19.2. The minimum Gasteiger partial charge on any atom is -0.478 e. The van der Waals surface area contributed by atoms with Crippen molar-refractivity contribution in [2.45, 2.75) is 17.9 Å². The van der Waals surface area contributed by atoms with Crippen LogP contribution in [0.25, 0.3) is 11.1 Å². The second-order valence-corrected chi connectivity index (χ2v) is 10.5. The summed E-state index contributed by atoms with van der Waals surface area (Å²) in [5.41, 5.74) is 2.39. The molecule has 1 N–H and O–H groups in total. The molecule has 1 spiro atoms. The van der Waals surface area contributed by atoms with Crippen LogP contribution >= 0.6 is 0 Å². The van der Waals surface area contributed by atoms with Gasteiger partial charge in [-0.25, -0.2) is 4.79 Å². The van der Waals surface area contributed by atoms with Gasteiger partial charge in [-0.05, 0) is 41.3 Å². The Morgan fingerprint density at radius 3 is 2.78 bits per heavy atom. The monoisotopic (exact) mass is 510 g/mol. The molecular formula is C26H22O9S. The molecule has 1 saturated heterocycles. The maximum atomic E-state index is 12.8. The molecule has 2 aromatic rings. The number of aliphatic carboxylic acids is 1. The Bertz CT molecular complexity index is 1480. The summed E-state index contributed by atoms with van der Waals surface area (Å²) in [7, 11) is -3.71. The first-order valence-electron chi connectivity index (χ1n) is 11.3. The first-order chi connectivity index (χ1) is 17.3. The molecule has 9 nitrogen and oxygen atoms in total. The van der Waals surface area contributed by atoms with Crippen LogP contribution in [-0.2, 0) is 34.2 Å². The van der Waals surface area contributed by atoms with Crippen LogP contribution in [0.4, 0.5) is 0 Å². The molecule has 4 aliphatic rings. The minimum atomic E-state index is -3.71. The van der Waals surface area contributed by atoms with E-state index in [1.54, 1.807) is 18.2 Å². The van der Waals surface area contributed by atoms with Gasteiger partial charge < -0.3 is 24.1 Å². The van der Waals surface area contributed by atoms with Crippen molar-refractivity contribution in [3.05, 3.63) is 82.7 Å². The van der Waals surface area contributed by atoms with E-state index in [4.69, 9.17) is 23.1 Å². The Hall–Kier alpha value is -3.60. The fourth-order valence-corrected chi connectivity index (χ4v) is 5.88. The highest BCUT2D eigenvalue weighted by Gasteiger charge is 2.55. The third-order valence-corrected chi connectivity index (χ3v) is 7.41. The molecular weight excluding hydrogens is 488 g/mol. The van der Waals surface area contributed by atoms with Crippen LogP contribution < -0.4 is 9.47 Å². The summed E-state index contributed by atoms with van der Waals surface area (Å²) in [6.45, 7) is -0.0835. The number of rotatable bonds is 6. The number of carboxylic acid groups (broad SMARTS) is 1. The van der Waals surface area contributed by atoms with E-state index >= 15 is 0 Å². The summed E-state index contributed by atoms with van der Waals surface area (Å²) in [5, 5.41) is 10.4. The van der Waals surface area contributed by atoms with Crippen LogP contribution in [0, 0.1) is 0 Å². The molecule has 2 aliphatic heterocycles. The minimum absolute atomic E-state index is 0.0283. The number of ether oxygens (including phenoxy) is 4.